The number of anilines is 1. The number of pyridine rings is 1. The number of nitrogens with one attached hydrogen (secondary N) is 2. The van der Waals surface area contributed by atoms with Crippen molar-refractivity contribution in [3.05, 3.63) is 22.3 Å². The average molecular weight is 326 g/mol. The van der Waals surface area contributed by atoms with Crippen LogP contribution >= 0.6 is 15.9 Å². The van der Waals surface area contributed by atoms with Crippen LogP contribution in [0, 0.1) is 11.3 Å². The molecule has 5 heteroatoms. The van der Waals surface area contributed by atoms with Crippen LogP contribution in [0.25, 0.3) is 0 Å². The van der Waals surface area contributed by atoms with E-state index in [0.717, 1.165) is 17.6 Å². The van der Waals surface area contributed by atoms with Crippen LogP contribution in [-0.4, -0.2) is 24.0 Å². The third kappa shape index (κ3) is 3.47. The Labute approximate surface area is 122 Å². The lowest BCUT2D eigenvalue weighted by molar-refractivity contribution is 0.0951. The van der Waals surface area contributed by atoms with Crippen molar-refractivity contribution in [1.82, 2.24) is 10.3 Å². The predicted molar refractivity (Wildman–Crippen MR) is 80.3 cm³/mol. The Kier molecular flexibility index (Phi) is 4.13. The molecule has 0 aromatic carbocycles. The van der Waals surface area contributed by atoms with Crippen LogP contribution in [-0.2, 0) is 0 Å². The quantitative estimate of drug-likeness (QED) is 0.874. The third-order valence-electron chi connectivity index (χ3n) is 3.67. The van der Waals surface area contributed by atoms with E-state index in [4.69, 9.17) is 0 Å². The minimum Gasteiger partial charge on any atom is -0.370 e. The predicted octanol–water partition coefficient (Wildman–Crippen LogP) is 3.05. The maximum Gasteiger partial charge on any atom is 0.255 e. The summed E-state index contributed by atoms with van der Waals surface area (Å²) in [5, 5.41) is 6.11. The zero-order valence-electron chi connectivity index (χ0n) is 11.6. The fourth-order valence-electron chi connectivity index (χ4n) is 2.16. The molecule has 1 aliphatic carbocycles. The van der Waals surface area contributed by atoms with Crippen LogP contribution in [0.1, 0.15) is 37.6 Å². The van der Waals surface area contributed by atoms with Gasteiger partial charge in [-0.3, -0.25) is 4.79 Å². The van der Waals surface area contributed by atoms with E-state index in [1.807, 2.05) is 6.92 Å². The van der Waals surface area contributed by atoms with Gasteiger partial charge in [-0.05, 0) is 46.7 Å². The van der Waals surface area contributed by atoms with Gasteiger partial charge in [0.05, 0.1) is 5.56 Å². The van der Waals surface area contributed by atoms with Crippen LogP contribution in [0.15, 0.2) is 16.7 Å². The molecule has 19 heavy (non-hydrogen) atoms. The van der Waals surface area contributed by atoms with E-state index in [1.165, 1.54) is 6.42 Å². The fraction of sp³-hybridized carbons (Fsp3) is 0.571. The molecule has 1 saturated carbocycles. The van der Waals surface area contributed by atoms with Crippen molar-refractivity contribution in [2.45, 2.75) is 27.2 Å². The molecule has 0 spiro atoms. The van der Waals surface area contributed by atoms with Crippen molar-refractivity contribution in [1.29, 1.82) is 0 Å². The zero-order chi connectivity index (χ0) is 14.0. The highest BCUT2D eigenvalue weighted by Crippen LogP contribution is 2.50. The summed E-state index contributed by atoms with van der Waals surface area (Å²) in [5.41, 5.74) is 0.975. The van der Waals surface area contributed by atoms with E-state index >= 15 is 0 Å². The number of nitrogens with zero attached hydrogens (tertiary/aromatic N) is 1. The molecule has 4 nitrogen and oxygen atoms in total. The summed E-state index contributed by atoms with van der Waals surface area (Å²) < 4.78 is 0.811. The first kappa shape index (κ1) is 14.3. The van der Waals surface area contributed by atoms with Crippen LogP contribution in [0.4, 0.5) is 5.82 Å². The van der Waals surface area contributed by atoms with Gasteiger partial charge < -0.3 is 10.6 Å². The number of hydrogen-bond acceptors (Lipinski definition) is 3. The molecule has 1 unspecified atom stereocenters. The van der Waals surface area contributed by atoms with E-state index in [0.29, 0.717) is 22.7 Å². The summed E-state index contributed by atoms with van der Waals surface area (Å²) >= 11 is 3.36. The molecule has 0 bridgehead atoms. The molecule has 2 rings (SSSR count). The number of aromatic nitrogens is 1. The molecule has 1 aromatic rings. The van der Waals surface area contributed by atoms with Crippen LogP contribution in [0.5, 0.6) is 0 Å². The number of rotatable bonds is 5. The zero-order valence-corrected chi connectivity index (χ0v) is 13.2. The highest BCUT2D eigenvalue weighted by molar-refractivity contribution is 9.10. The monoisotopic (exact) mass is 325 g/mol. The molecule has 1 atom stereocenters. The van der Waals surface area contributed by atoms with Gasteiger partial charge in [0, 0.05) is 23.8 Å². The highest BCUT2D eigenvalue weighted by Gasteiger charge is 2.45. The summed E-state index contributed by atoms with van der Waals surface area (Å²) in [6.07, 6.45) is 2.88. The second-order valence-electron chi connectivity index (χ2n) is 5.68. The number of halogens is 1. The first-order chi connectivity index (χ1) is 8.94. The topological polar surface area (TPSA) is 54.0 Å². The smallest absolute Gasteiger partial charge is 0.255 e. The maximum atomic E-state index is 12.2. The van der Waals surface area contributed by atoms with Crippen molar-refractivity contribution in [2.75, 3.05) is 18.4 Å². The number of carbonyl (C=O) groups is 1. The lowest BCUT2D eigenvalue weighted by atomic mass is 10.1. The van der Waals surface area contributed by atoms with Crippen molar-refractivity contribution in [3.8, 4) is 0 Å². The minimum atomic E-state index is -0.0625. The van der Waals surface area contributed by atoms with Crippen molar-refractivity contribution < 1.29 is 4.79 Å². The Balaban J connectivity index is 2.03. The molecule has 2 N–H and O–H groups in total. The molecular weight excluding hydrogens is 306 g/mol. The molecule has 1 amide bonds. The fourth-order valence-corrected chi connectivity index (χ4v) is 2.49. The Morgan fingerprint density at radius 1 is 1.58 bits per heavy atom. The van der Waals surface area contributed by atoms with Gasteiger partial charge in [-0.15, -0.1) is 0 Å². The average Bonchev–Trinajstić information content (AvgIpc) is 2.96. The molecule has 1 aliphatic rings. The van der Waals surface area contributed by atoms with E-state index in [9.17, 15) is 4.79 Å². The van der Waals surface area contributed by atoms with Crippen LogP contribution < -0.4 is 10.6 Å². The van der Waals surface area contributed by atoms with Crippen LogP contribution in [0.2, 0.25) is 0 Å². The SMILES string of the molecule is CCNc1ncc(Br)cc1C(=O)NCC1CC1(C)C. The highest BCUT2D eigenvalue weighted by atomic mass is 79.9. The van der Waals surface area contributed by atoms with Gasteiger partial charge >= 0.3 is 0 Å². The van der Waals surface area contributed by atoms with E-state index < -0.39 is 0 Å². The Morgan fingerprint density at radius 2 is 2.26 bits per heavy atom. The summed E-state index contributed by atoms with van der Waals surface area (Å²) in [5.74, 6) is 1.17. The summed E-state index contributed by atoms with van der Waals surface area (Å²) in [4.78, 5) is 16.5. The third-order valence-corrected chi connectivity index (χ3v) is 4.10. The second kappa shape index (κ2) is 5.49. The molecule has 1 fully saturated rings. The van der Waals surface area contributed by atoms with E-state index in [2.05, 4.69) is 45.4 Å². The maximum absolute atomic E-state index is 12.2. The normalized spacial score (nSPS) is 19.9. The molecule has 0 aliphatic heterocycles. The molecular formula is C14H20BrN3O. The Morgan fingerprint density at radius 3 is 2.84 bits per heavy atom. The van der Waals surface area contributed by atoms with Gasteiger partial charge in [-0.25, -0.2) is 4.98 Å². The molecule has 1 aromatic heterocycles. The van der Waals surface area contributed by atoms with E-state index in [1.54, 1.807) is 12.3 Å². The van der Waals surface area contributed by atoms with Gasteiger partial charge in [-0.2, -0.15) is 0 Å². The van der Waals surface area contributed by atoms with Crippen LogP contribution in [0.3, 0.4) is 0 Å². The first-order valence-corrected chi connectivity index (χ1v) is 7.41. The standard InChI is InChI=1S/C14H20BrN3O/c1-4-16-12-11(5-10(15)8-17-12)13(19)18-7-9-6-14(9,2)3/h5,8-9H,4,6-7H2,1-3H3,(H,16,17)(H,18,19). The Bertz CT molecular complexity index is 488. The van der Waals surface area contributed by atoms with Gasteiger partial charge in [0.15, 0.2) is 0 Å². The van der Waals surface area contributed by atoms with Gasteiger partial charge in [0.25, 0.3) is 5.91 Å². The summed E-state index contributed by atoms with van der Waals surface area (Å²) in [7, 11) is 0. The molecule has 0 radical (unpaired) electrons. The summed E-state index contributed by atoms with van der Waals surface area (Å²) in [6.45, 7) is 7.93. The van der Waals surface area contributed by atoms with Gasteiger partial charge in [0.2, 0.25) is 0 Å². The number of hydrogen-bond donors (Lipinski definition) is 2. The summed E-state index contributed by atoms with van der Waals surface area (Å²) in [6, 6.07) is 1.80. The minimum absolute atomic E-state index is 0.0625. The Hall–Kier alpha value is -1.10. The lowest BCUT2D eigenvalue weighted by Crippen LogP contribution is -2.27. The van der Waals surface area contributed by atoms with Gasteiger partial charge in [-0.1, -0.05) is 13.8 Å². The van der Waals surface area contributed by atoms with Gasteiger partial charge in [0.1, 0.15) is 5.82 Å². The number of amides is 1. The second-order valence-corrected chi connectivity index (χ2v) is 6.60. The van der Waals surface area contributed by atoms with E-state index in [-0.39, 0.29) is 5.91 Å². The number of carbonyl (C=O) groups excluding carboxylic acids is 1. The lowest BCUT2D eigenvalue weighted by Gasteiger charge is -2.11. The molecule has 0 saturated heterocycles. The first-order valence-electron chi connectivity index (χ1n) is 6.61. The largest absolute Gasteiger partial charge is 0.370 e. The van der Waals surface area contributed by atoms with Crippen molar-refractivity contribution >= 4 is 27.7 Å². The van der Waals surface area contributed by atoms with Crippen molar-refractivity contribution in [2.24, 2.45) is 11.3 Å². The molecule has 104 valence electrons. The molecule has 1 heterocycles. The van der Waals surface area contributed by atoms with Crippen molar-refractivity contribution in [3.63, 3.8) is 0 Å².